The highest BCUT2D eigenvalue weighted by atomic mass is 16.5. The van der Waals surface area contributed by atoms with E-state index < -0.39 is 0 Å². The van der Waals surface area contributed by atoms with Gasteiger partial charge in [0.05, 0.1) is 13.2 Å². The average molecular weight is 322 g/mol. The Bertz CT molecular complexity index is 420. The molecule has 0 spiro atoms. The van der Waals surface area contributed by atoms with Crippen molar-refractivity contribution in [1.29, 1.82) is 0 Å². The SMILES string of the molecule is CCCN(CCC)CCOCCOc1ccccc1C(C)(C)C. The van der Waals surface area contributed by atoms with E-state index in [1.165, 1.54) is 18.4 Å². The van der Waals surface area contributed by atoms with Crippen molar-refractivity contribution in [3.8, 4) is 5.75 Å². The first-order chi connectivity index (χ1) is 11.0. The van der Waals surface area contributed by atoms with Gasteiger partial charge in [0.1, 0.15) is 12.4 Å². The second kappa shape index (κ2) is 10.7. The number of ether oxygens (including phenoxy) is 2. The summed E-state index contributed by atoms with van der Waals surface area (Å²) in [5.41, 5.74) is 1.34. The quantitative estimate of drug-likeness (QED) is 0.560. The molecule has 0 unspecified atom stereocenters. The minimum absolute atomic E-state index is 0.0955. The minimum Gasteiger partial charge on any atom is -0.491 e. The van der Waals surface area contributed by atoms with E-state index in [9.17, 15) is 0 Å². The first-order valence-electron chi connectivity index (χ1n) is 9.01. The molecule has 0 fully saturated rings. The number of nitrogens with zero attached hydrogens (tertiary/aromatic N) is 1. The van der Waals surface area contributed by atoms with Crippen LogP contribution >= 0.6 is 0 Å². The first-order valence-corrected chi connectivity index (χ1v) is 9.01. The topological polar surface area (TPSA) is 21.7 Å². The van der Waals surface area contributed by atoms with Crippen LogP contribution in [-0.4, -0.2) is 44.4 Å². The molecule has 0 heterocycles. The largest absolute Gasteiger partial charge is 0.491 e. The van der Waals surface area contributed by atoms with Crippen LogP contribution in [-0.2, 0) is 10.2 Å². The molecule has 0 aliphatic carbocycles. The molecule has 1 aromatic carbocycles. The zero-order chi connectivity index (χ0) is 17.1. The normalized spacial score (nSPS) is 11.9. The molecule has 0 atom stereocenters. The number of benzene rings is 1. The van der Waals surface area contributed by atoms with Crippen LogP contribution in [0.25, 0.3) is 0 Å². The summed E-state index contributed by atoms with van der Waals surface area (Å²) in [6.45, 7) is 16.4. The van der Waals surface area contributed by atoms with Crippen LogP contribution in [0, 0.1) is 0 Å². The standard InChI is InChI=1S/C20H35NO2/c1-6-12-21(13-7-2)14-15-22-16-17-23-19-11-9-8-10-18(19)20(3,4)5/h8-11H,6-7,12-17H2,1-5H3. The fourth-order valence-corrected chi connectivity index (χ4v) is 2.69. The summed E-state index contributed by atoms with van der Waals surface area (Å²) in [4.78, 5) is 2.47. The number of rotatable bonds is 11. The lowest BCUT2D eigenvalue weighted by Crippen LogP contribution is -2.29. The van der Waals surface area contributed by atoms with E-state index >= 15 is 0 Å². The smallest absolute Gasteiger partial charge is 0.123 e. The van der Waals surface area contributed by atoms with Crippen LogP contribution in [0.5, 0.6) is 5.75 Å². The molecule has 0 amide bonds. The van der Waals surface area contributed by atoms with Crippen molar-refractivity contribution in [1.82, 2.24) is 4.90 Å². The second-order valence-electron chi connectivity index (χ2n) is 7.05. The maximum atomic E-state index is 5.93. The van der Waals surface area contributed by atoms with Crippen LogP contribution < -0.4 is 4.74 Å². The zero-order valence-corrected chi connectivity index (χ0v) is 15.7. The number of para-hydroxylation sites is 1. The number of hydrogen-bond donors (Lipinski definition) is 0. The molecule has 0 saturated carbocycles. The van der Waals surface area contributed by atoms with Gasteiger partial charge in [-0.3, -0.25) is 0 Å². The lowest BCUT2D eigenvalue weighted by Gasteiger charge is -2.23. The van der Waals surface area contributed by atoms with Gasteiger partial charge < -0.3 is 14.4 Å². The zero-order valence-electron chi connectivity index (χ0n) is 15.7. The molecule has 3 heteroatoms. The molecular weight excluding hydrogens is 286 g/mol. The molecule has 0 N–H and O–H groups in total. The van der Waals surface area contributed by atoms with Crippen LogP contribution in [0.1, 0.15) is 53.0 Å². The Morgan fingerprint density at radius 2 is 1.52 bits per heavy atom. The third kappa shape index (κ3) is 7.85. The molecule has 1 aromatic rings. The maximum Gasteiger partial charge on any atom is 0.123 e. The van der Waals surface area contributed by atoms with Crippen LogP contribution in [0.15, 0.2) is 24.3 Å². The van der Waals surface area contributed by atoms with Crippen molar-refractivity contribution in [3.63, 3.8) is 0 Å². The van der Waals surface area contributed by atoms with Crippen molar-refractivity contribution >= 4 is 0 Å². The van der Waals surface area contributed by atoms with Gasteiger partial charge in [-0.15, -0.1) is 0 Å². The van der Waals surface area contributed by atoms with Crippen molar-refractivity contribution < 1.29 is 9.47 Å². The van der Waals surface area contributed by atoms with Gasteiger partial charge in [-0.2, -0.15) is 0 Å². The van der Waals surface area contributed by atoms with Crippen LogP contribution in [0.4, 0.5) is 0 Å². The van der Waals surface area contributed by atoms with Gasteiger partial charge in [-0.25, -0.2) is 0 Å². The summed E-state index contributed by atoms with van der Waals surface area (Å²) in [6, 6.07) is 8.28. The number of hydrogen-bond acceptors (Lipinski definition) is 3. The van der Waals surface area contributed by atoms with Crippen LogP contribution in [0.2, 0.25) is 0 Å². The maximum absolute atomic E-state index is 5.93. The average Bonchev–Trinajstić information content (AvgIpc) is 2.50. The highest BCUT2D eigenvalue weighted by molar-refractivity contribution is 5.38. The Balaban J connectivity index is 2.28. The molecule has 0 aliphatic heterocycles. The van der Waals surface area contributed by atoms with Gasteiger partial charge in [0.15, 0.2) is 0 Å². The van der Waals surface area contributed by atoms with Gasteiger partial charge in [0.2, 0.25) is 0 Å². The Labute approximate surface area is 143 Å². The van der Waals surface area contributed by atoms with E-state index in [-0.39, 0.29) is 5.41 Å². The van der Waals surface area contributed by atoms with Crippen molar-refractivity contribution in [2.75, 3.05) is 39.5 Å². The fourth-order valence-electron chi connectivity index (χ4n) is 2.69. The molecule has 0 saturated heterocycles. The van der Waals surface area contributed by atoms with Gasteiger partial charge in [-0.1, -0.05) is 52.8 Å². The van der Waals surface area contributed by atoms with Gasteiger partial charge in [-0.05, 0) is 43.0 Å². The molecule has 3 nitrogen and oxygen atoms in total. The first kappa shape index (κ1) is 20.0. The third-order valence-corrected chi connectivity index (χ3v) is 3.81. The summed E-state index contributed by atoms with van der Waals surface area (Å²) < 4.78 is 11.7. The Kier molecular flexibility index (Phi) is 9.27. The molecular formula is C20H35NO2. The molecule has 132 valence electrons. The summed E-state index contributed by atoms with van der Waals surface area (Å²) in [6.07, 6.45) is 2.40. The lowest BCUT2D eigenvalue weighted by molar-refractivity contribution is 0.0791. The Morgan fingerprint density at radius 3 is 2.13 bits per heavy atom. The van der Waals surface area contributed by atoms with E-state index in [2.05, 4.69) is 51.7 Å². The molecule has 0 radical (unpaired) electrons. The third-order valence-electron chi connectivity index (χ3n) is 3.81. The summed E-state index contributed by atoms with van der Waals surface area (Å²) in [7, 11) is 0. The monoisotopic (exact) mass is 321 g/mol. The van der Waals surface area contributed by atoms with Crippen molar-refractivity contribution in [3.05, 3.63) is 29.8 Å². The molecule has 1 rings (SSSR count). The highest BCUT2D eigenvalue weighted by Gasteiger charge is 2.18. The Morgan fingerprint density at radius 1 is 0.870 bits per heavy atom. The van der Waals surface area contributed by atoms with E-state index in [0.29, 0.717) is 13.2 Å². The Hall–Kier alpha value is -1.06. The van der Waals surface area contributed by atoms with E-state index in [1.807, 2.05) is 12.1 Å². The second-order valence-corrected chi connectivity index (χ2v) is 7.05. The van der Waals surface area contributed by atoms with E-state index in [0.717, 1.165) is 32.0 Å². The summed E-state index contributed by atoms with van der Waals surface area (Å²) in [5.74, 6) is 0.974. The van der Waals surface area contributed by atoms with Gasteiger partial charge in [0.25, 0.3) is 0 Å². The van der Waals surface area contributed by atoms with E-state index in [4.69, 9.17) is 9.47 Å². The molecule has 0 aromatic heterocycles. The van der Waals surface area contributed by atoms with Crippen molar-refractivity contribution in [2.24, 2.45) is 0 Å². The van der Waals surface area contributed by atoms with E-state index in [1.54, 1.807) is 0 Å². The summed E-state index contributed by atoms with van der Waals surface area (Å²) in [5, 5.41) is 0. The van der Waals surface area contributed by atoms with Gasteiger partial charge >= 0.3 is 0 Å². The molecule has 23 heavy (non-hydrogen) atoms. The van der Waals surface area contributed by atoms with Gasteiger partial charge in [0, 0.05) is 6.54 Å². The van der Waals surface area contributed by atoms with Crippen molar-refractivity contribution in [2.45, 2.75) is 52.9 Å². The molecule has 0 aliphatic rings. The minimum atomic E-state index is 0.0955. The molecule has 0 bridgehead atoms. The predicted octanol–water partition coefficient (Wildman–Crippen LogP) is 4.50. The highest BCUT2D eigenvalue weighted by Crippen LogP contribution is 2.30. The summed E-state index contributed by atoms with van der Waals surface area (Å²) >= 11 is 0. The van der Waals surface area contributed by atoms with Crippen LogP contribution in [0.3, 0.4) is 0 Å². The predicted molar refractivity (Wildman–Crippen MR) is 98.5 cm³/mol. The lowest BCUT2D eigenvalue weighted by atomic mass is 9.86. The fraction of sp³-hybridized carbons (Fsp3) is 0.700.